The SMILES string of the molecule is FC(F)c1cc(Br)ccn1.OB(O)c1ccnc(C(F)F)c1. The molecule has 0 fully saturated rings. The molecule has 10 heteroatoms. The second-order valence-electron chi connectivity index (χ2n) is 3.89. The lowest BCUT2D eigenvalue weighted by molar-refractivity contribution is 0.145. The highest BCUT2D eigenvalue weighted by atomic mass is 79.9. The number of pyridine rings is 2. The summed E-state index contributed by atoms with van der Waals surface area (Å²) in [5.74, 6) is 0. The Labute approximate surface area is 132 Å². The van der Waals surface area contributed by atoms with Crippen molar-refractivity contribution in [2.75, 3.05) is 0 Å². The van der Waals surface area contributed by atoms with Gasteiger partial charge in [-0.3, -0.25) is 9.97 Å². The van der Waals surface area contributed by atoms with Crippen molar-refractivity contribution >= 4 is 28.5 Å². The first-order valence-electron chi connectivity index (χ1n) is 5.81. The third-order valence-corrected chi connectivity index (χ3v) is 2.79. The maximum absolute atomic E-state index is 12.0. The minimum atomic E-state index is -2.69. The summed E-state index contributed by atoms with van der Waals surface area (Å²) >= 11 is 3.06. The number of rotatable bonds is 3. The summed E-state index contributed by atoms with van der Waals surface area (Å²) in [6.45, 7) is 0. The van der Waals surface area contributed by atoms with E-state index in [-0.39, 0.29) is 11.2 Å². The average Bonchev–Trinajstić information content (AvgIpc) is 2.48. The molecule has 2 heterocycles. The highest BCUT2D eigenvalue weighted by molar-refractivity contribution is 9.10. The molecule has 4 nitrogen and oxygen atoms in total. The van der Waals surface area contributed by atoms with Crippen LogP contribution in [-0.4, -0.2) is 27.1 Å². The predicted octanol–water partition coefficient (Wildman–Crippen LogP) is 2.48. The van der Waals surface area contributed by atoms with E-state index in [1.807, 2.05) is 0 Å². The Bertz CT molecular complexity index is 582. The minimum absolute atomic E-state index is 0.0142. The fourth-order valence-electron chi connectivity index (χ4n) is 1.29. The Balaban J connectivity index is 0.000000224. The van der Waals surface area contributed by atoms with Gasteiger partial charge in [0.15, 0.2) is 0 Å². The van der Waals surface area contributed by atoms with E-state index in [1.54, 1.807) is 6.07 Å². The molecular formula is C12H10BBrF4N2O2. The second-order valence-corrected chi connectivity index (χ2v) is 4.80. The van der Waals surface area contributed by atoms with E-state index in [0.29, 0.717) is 4.47 Å². The van der Waals surface area contributed by atoms with Gasteiger partial charge < -0.3 is 10.0 Å². The first kappa shape index (κ1) is 18.5. The monoisotopic (exact) mass is 380 g/mol. The van der Waals surface area contributed by atoms with Crippen LogP contribution in [0, 0.1) is 0 Å². The van der Waals surface area contributed by atoms with Gasteiger partial charge in [0.1, 0.15) is 11.4 Å². The molecule has 0 atom stereocenters. The third-order valence-electron chi connectivity index (χ3n) is 2.29. The van der Waals surface area contributed by atoms with Crippen molar-refractivity contribution in [3.8, 4) is 0 Å². The summed E-state index contributed by atoms with van der Waals surface area (Å²) in [4.78, 5) is 6.81. The van der Waals surface area contributed by atoms with Crippen LogP contribution in [0.4, 0.5) is 17.6 Å². The van der Waals surface area contributed by atoms with Crippen molar-refractivity contribution < 1.29 is 27.6 Å². The lowest BCUT2D eigenvalue weighted by Crippen LogP contribution is -2.30. The van der Waals surface area contributed by atoms with E-state index >= 15 is 0 Å². The quantitative estimate of drug-likeness (QED) is 0.634. The molecule has 2 aromatic heterocycles. The second kappa shape index (κ2) is 8.81. The van der Waals surface area contributed by atoms with Crippen molar-refractivity contribution in [3.63, 3.8) is 0 Å². The van der Waals surface area contributed by atoms with Gasteiger partial charge in [-0.05, 0) is 29.7 Å². The van der Waals surface area contributed by atoms with Gasteiger partial charge >= 0.3 is 7.12 Å². The normalized spacial score (nSPS) is 10.4. The van der Waals surface area contributed by atoms with Crippen molar-refractivity contribution in [2.24, 2.45) is 0 Å². The Morgan fingerprint density at radius 1 is 0.909 bits per heavy atom. The molecule has 0 radical (unpaired) electrons. The smallest absolute Gasteiger partial charge is 0.423 e. The van der Waals surface area contributed by atoms with Crippen LogP contribution >= 0.6 is 15.9 Å². The van der Waals surface area contributed by atoms with Crippen LogP contribution in [0.2, 0.25) is 0 Å². The molecule has 0 spiro atoms. The van der Waals surface area contributed by atoms with Crippen LogP contribution in [0.1, 0.15) is 24.2 Å². The maximum atomic E-state index is 12.0. The zero-order chi connectivity index (χ0) is 16.7. The molecule has 22 heavy (non-hydrogen) atoms. The average molecular weight is 381 g/mol. The third kappa shape index (κ3) is 6.08. The number of aromatic nitrogens is 2. The summed E-state index contributed by atoms with van der Waals surface area (Å²) in [7, 11) is -1.73. The van der Waals surface area contributed by atoms with Gasteiger partial charge in [-0.2, -0.15) is 0 Å². The first-order chi connectivity index (χ1) is 10.3. The Hall–Kier alpha value is -1.52. The zero-order valence-electron chi connectivity index (χ0n) is 10.9. The number of nitrogens with zero attached hydrogens (tertiary/aromatic N) is 2. The summed E-state index contributed by atoms with van der Waals surface area (Å²) in [5.41, 5.74) is -0.643. The van der Waals surface area contributed by atoms with E-state index in [9.17, 15) is 17.6 Å². The van der Waals surface area contributed by atoms with Gasteiger partial charge in [0.25, 0.3) is 12.9 Å². The maximum Gasteiger partial charge on any atom is 0.488 e. The first-order valence-corrected chi connectivity index (χ1v) is 6.60. The van der Waals surface area contributed by atoms with Crippen LogP contribution in [-0.2, 0) is 0 Å². The molecule has 2 aromatic rings. The molecule has 0 aliphatic heterocycles. The van der Waals surface area contributed by atoms with E-state index in [2.05, 4.69) is 25.9 Å². The standard InChI is InChI=1S/C6H6BF2NO2.C6H4BrF2N/c8-6(9)5-3-4(7(11)12)1-2-10-5;7-4-1-2-10-5(3-4)6(8)9/h1-3,6,11-12H;1-3,6H. The summed E-state index contributed by atoms with van der Waals surface area (Å²) in [6, 6.07) is 5.11. The number of hydrogen-bond donors (Lipinski definition) is 2. The predicted molar refractivity (Wildman–Crippen MR) is 75.9 cm³/mol. The van der Waals surface area contributed by atoms with Gasteiger partial charge in [0.2, 0.25) is 0 Å². The topological polar surface area (TPSA) is 66.2 Å². The highest BCUT2D eigenvalue weighted by Gasteiger charge is 2.15. The van der Waals surface area contributed by atoms with Gasteiger partial charge in [0, 0.05) is 16.9 Å². The molecule has 118 valence electrons. The largest absolute Gasteiger partial charge is 0.488 e. The van der Waals surface area contributed by atoms with Crippen LogP contribution in [0.25, 0.3) is 0 Å². The fourth-order valence-corrected chi connectivity index (χ4v) is 1.64. The van der Waals surface area contributed by atoms with Crippen molar-refractivity contribution in [1.82, 2.24) is 9.97 Å². The zero-order valence-corrected chi connectivity index (χ0v) is 12.5. The van der Waals surface area contributed by atoms with Gasteiger partial charge in [-0.25, -0.2) is 17.6 Å². The van der Waals surface area contributed by atoms with Crippen molar-refractivity contribution in [1.29, 1.82) is 0 Å². The van der Waals surface area contributed by atoms with E-state index in [4.69, 9.17) is 10.0 Å². The van der Waals surface area contributed by atoms with Crippen molar-refractivity contribution in [2.45, 2.75) is 12.9 Å². The molecular weight excluding hydrogens is 371 g/mol. The minimum Gasteiger partial charge on any atom is -0.423 e. The Kier molecular flexibility index (Phi) is 7.42. The molecule has 0 unspecified atom stereocenters. The van der Waals surface area contributed by atoms with Crippen LogP contribution < -0.4 is 5.46 Å². The molecule has 0 bridgehead atoms. The lowest BCUT2D eigenvalue weighted by Gasteiger charge is -2.01. The Morgan fingerprint density at radius 2 is 1.41 bits per heavy atom. The van der Waals surface area contributed by atoms with Gasteiger partial charge in [-0.15, -0.1) is 0 Å². The Morgan fingerprint density at radius 3 is 1.82 bits per heavy atom. The van der Waals surface area contributed by atoms with Gasteiger partial charge in [0.05, 0.1) is 0 Å². The van der Waals surface area contributed by atoms with Crippen LogP contribution in [0.15, 0.2) is 41.1 Å². The summed E-state index contributed by atoms with van der Waals surface area (Å²) in [6.07, 6.45) is -2.73. The number of alkyl halides is 4. The molecule has 0 amide bonds. The lowest BCUT2D eigenvalue weighted by atomic mass is 9.81. The molecule has 0 aromatic carbocycles. The van der Waals surface area contributed by atoms with Crippen molar-refractivity contribution in [3.05, 3.63) is 52.5 Å². The molecule has 0 saturated carbocycles. The van der Waals surface area contributed by atoms with E-state index < -0.39 is 25.7 Å². The van der Waals surface area contributed by atoms with E-state index in [0.717, 1.165) is 12.3 Å². The number of halogens is 5. The van der Waals surface area contributed by atoms with Gasteiger partial charge in [-0.1, -0.05) is 15.9 Å². The molecule has 2 N–H and O–H groups in total. The summed E-state index contributed by atoms with van der Waals surface area (Å²) in [5, 5.41) is 17.2. The molecule has 0 saturated heterocycles. The molecule has 0 aliphatic carbocycles. The highest BCUT2D eigenvalue weighted by Crippen LogP contribution is 2.19. The fraction of sp³-hybridized carbons (Fsp3) is 0.167. The summed E-state index contributed by atoms with van der Waals surface area (Å²) < 4.78 is 48.3. The number of hydrogen-bond acceptors (Lipinski definition) is 4. The van der Waals surface area contributed by atoms with E-state index in [1.165, 1.54) is 18.3 Å². The molecule has 0 aliphatic rings. The van der Waals surface area contributed by atoms with Crippen LogP contribution in [0.3, 0.4) is 0 Å². The molecule has 2 rings (SSSR count). The van der Waals surface area contributed by atoms with Crippen LogP contribution in [0.5, 0.6) is 0 Å².